The Labute approximate surface area is 144 Å². The third-order valence-electron chi connectivity index (χ3n) is 3.23. The van der Waals surface area contributed by atoms with Gasteiger partial charge in [-0.1, -0.05) is 6.92 Å². The van der Waals surface area contributed by atoms with Crippen molar-refractivity contribution in [3.05, 3.63) is 34.8 Å². The van der Waals surface area contributed by atoms with Crippen molar-refractivity contribution in [1.29, 1.82) is 0 Å². The molecular weight excluding hydrogens is 328 g/mol. The lowest BCUT2D eigenvalue weighted by molar-refractivity contribution is -0.124. The molecule has 24 heavy (non-hydrogen) atoms. The highest BCUT2D eigenvalue weighted by Gasteiger charge is 2.18. The zero-order valence-electron chi connectivity index (χ0n) is 13.9. The van der Waals surface area contributed by atoms with Crippen molar-refractivity contribution in [1.82, 2.24) is 10.3 Å². The Morgan fingerprint density at radius 1 is 1.25 bits per heavy atom. The van der Waals surface area contributed by atoms with Crippen molar-refractivity contribution in [2.75, 3.05) is 20.3 Å². The highest BCUT2D eigenvalue weighted by Crippen LogP contribution is 2.29. The van der Waals surface area contributed by atoms with Gasteiger partial charge in [-0.3, -0.25) is 4.79 Å². The molecular formula is C17H20N2O4S. The first kappa shape index (κ1) is 17.9. The molecule has 0 aliphatic heterocycles. The molecule has 0 radical (unpaired) electrons. The van der Waals surface area contributed by atoms with Crippen LogP contribution < -0.4 is 10.1 Å². The van der Waals surface area contributed by atoms with E-state index in [-0.39, 0.29) is 12.5 Å². The van der Waals surface area contributed by atoms with Crippen LogP contribution >= 0.6 is 11.3 Å². The van der Waals surface area contributed by atoms with Gasteiger partial charge in [0, 0.05) is 12.1 Å². The zero-order chi connectivity index (χ0) is 17.5. The topological polar surface area (TPSA) is 77.5 Å². The molecule has 1 aromatic carbocycles. The second-order valence-electron chi connectivity index (χ2n) is 5.09. The van der Waals surface area contributed by atoms with Gasteiger partial charge >= 0.3 is 5.97 Å². The molecule has 0 spiro atoms. The number of hydrogen-bond donors (Lipinski definition) is 1. The minimum atomic E-state index is -0.531. The molecule has 0 unspecified atom stereocenters. The molecule has 1 heterocycles. The molecule has 0 atom stereocenters. The molecule has 0 bridgehead atoms. The second kappa shape index (κ2) is 8.44. The van der Waals surface area contributed by atoms with Gasteiger partial charge in [-0.15, -0.1) is 11.3 Å². The number of aryl methyl sites for hydroxylation is 1. The first-order valence-electron chi connectivity index (χ1n) is 7.60. The zero-order valence-corrected chi connectivity index (χ0v) is 14.7. The summed E-state index contributed by atoms with van der Waals surface area (Å²) in [5.41, 5.74) is 1.48. The van der Waals surface area contributed by atoms with E-state index in [1.165, 1.54) is 11.3 Å². The fourth-order valence-corrected chi connectivity index (χ4v) is 2.92. The quantitative estimate of drug-likeness (QED) is 0.779. The van der Waals surface area contributed by atoms with E-state index in [1.807, 2.05) is 31.2 Å². The molecule has 0 aliphatic carbocycles. The van der Waals surface area contributed by atoms with Gasteiger partial charge in [0.15, 0.2) is 6.61 Å². The summed E-state index contributed by atoms with van der Waals surface area (Å²) in [4.78, 5) is 28.5. The van der Waals surface area contributed by atoms with Crippen molar-refractivity contribution in [3.8, 4) is 16.3 Å². The lowest BCUT2D eigenvalue weighted by atomic mass is 10.2. The largest absolute Gasteiger partial charge is 0.497 e. The van der Waals surface area contributed by atoms with E-state index in [1.54, 1.807) is 14.0 Å². The third kappa shape index (κ3) is 4.55. The van der Waals surface area contributed by atoms with E-state index >= 15 is 0 Å². The lowest BCUT2D eigenvalue weighted by Crippen LogP contribution is -2.29. The average molecular weight is 348 g/mol. The molecule has 0 saturated carbocycles. The maximum Gasteiger partial charge on any atom is 0.350 e. The van der Waals surface area contributed by atoms with Gasteiger partial charge in [0.25, 0.3) is 5.91 Å². The van der Waals surface area contributed by atoms with E-state index in [0.717, 1.165) is 22.7 Å². The Balaban J connectivity index is 2.04. The molecule has 0 saturated heterocycles. The van der Waals surface area contributed by atoms with Crippen molar-refractivity contribution < 1.29 is 19.1 Å². The number of carbonyl (C=O) groups is 2. The van der Waals surface area contributed by atoms with Gasteiger partial charge in [0.2, 0.25) is 0 Å². The van der Waals surface area contributed by atoms with E-state index in [4.69, 9.17) is 9.47 Å². The average Bonchev–Trinajstić information content (AvgIpc) is 2.99. The number of nitrogens with one attached hydrogen (secondary N) is 1. The molecule has 2 aromatic rings. The summed E-state index contributed by atoms with van der Waals surface area (Å²) in [5.74, 6) is -0.0797. The highest BCUT2D eigenvalue weighted by molar-refractivity contribution is 7.17. The van der Waals surface area contributed by atoms with E-state index in [2.05, 4.69) is 10.3 Å². The molecule has 1 aromatic heterocycles. The highest BCUT2D eigenvalue weighted by atomic mass is 32.1. The minimum absolute atomic E-state index is 0.284. The molecule has 0 fully saturated rings. The number of carbonyl (C=O) groups excluding carboxylic acids is 2. The Bertz CT molecular complexity index is 710. The van der Waals surface area contributed by atoms with Crippen LogP contribution in [0.4, 0.5) is 0 Å². The maximum atomic E-state index is 12.1. The Hall–Kier alpha value is -2.41. The fourth-order valence-electron chi connectivity index (χ4n) is 1.95. The van der Waals surface area contributed by atoms with Gasteiger partial charge in [0.05, 0.1) is 12.8 Å². The van der Waals surface area contributed by atoms with Gasteiger partial charge in [-0.25, -0.2) is 9.78 Å². The molecule has 6 nitrogen and oxygen atoms in total. The Morgan fingerprint density at radius 3 is 2.58 bits per heavy atom. The maximum absolute atomic E-state index is 12.1. The molecule has 1 amide bonds. The second-order valence-corrected chi connectivity index (χ2v) is 6.09. The van der Waals surface area contributed by atoms with Crippen molar-refractivity contribution in [3.63, 3.8) is 0 Å². The number of methoxy groups -OCH3 is 1. The SMILES string of the molecule is CCCNC(=O)COC(=O)c1sc(-c2ccc(OC)cc2)nc1C. The Kier molecular flexibility index (Phi) is 6.31. The van der Waals surface area contributed by atoms with E-state index in [9.17, 15) is 9.59 Å². The van der Waals surface area contributed by atoms with Crippen LogP contribution in [-0.2, 0) is 9.53 Å². The number of benzene rings is 1. The van der Waals surface area contributed by atoms with Crippen LogP contribution in [0.5, 0.6) is 5.75 Å². The normalized spacial score (nSPS) is 10.3. The van der Waals surface area contributed by atoms with E-state index < -0.39 is 5.97 Å². The number of aromatic nitrogens is 1. The van der Waals surface area contributed by atoms with Crippen LogP contribution in [0.1, 0.15) is 28.7 Å². The smallest absolute Gasteiger partial charge is 0.350 e. The van der Waals surface area contributed by atoms with Crippen molar-refractivity contribution in [2.45, 2.75) is 20.3 Å². The van der Waals surface area contributed by atoms with Crippen LogP contribution in [0.2, 0.25) is 0 Å². The summed E-state index contributed by atoms with van der Waals surface area (Å²) in [6, 6.07) is 7.43. The molecule has 128 valence electrons. The van der Waals surface area contributed by atoms with Gasteiger partial charge in [-0.2, -0.15) is 0 Å². The molecule has 0 aliphatic rings. The van der Waals surface area contributed by atoms with Gasteiger partial charge < -0.3 is 14.8 Å². The summed E-state index contributed by atoms with van der Waals surface area (Å²) in [7, 11) is 1.60. The number of rotatable bonds is 7. The molecule has 1 N–H and O–H groups in total. The van der Waals surface area contributed by atoms with Crippen LogP contribution in [0.3, 0.4) is 0 Å². The van der Waals surface area contributed by atoms with Crippen LogP contribution in [0.15, 0.2) is 24.3 Å². The van der Waals surface area contributed by atoms with Gasteiger partial charge in [-0.05, 0) is 37.6 Å². The number of amides is 1. The fraction of sp³-hybridized carbons (Fsp3) is 0.353. The number of nitrogens with zero attached hydrogens (tertiary/aromatic N) is 1. The van der Waals surface area contributed by atoms with Crippen LogP contribution in [-0.4, -0.2) is 37.1 Å². The van der Waals surface area contributed by atoms with Crippen LogP contribution in [0, 0.1) is 6.92 Å². The summed E-state index contributed by atoms with van der Waals surface area (Å²) in [6.45, 7) is 3.98. The van der Waals surface area contributed by atoms with Gasteiger partial charge in [0.1, 0.15) is 15.6 Å². The predicted molar refractivity (Wildman–Crippen MR) is 92.4 cm³/mol. The summed E-state index contributed by atoms with van der Waals surface area (Å²) < 4.78 is 10.2. The molecule has 2 rings (SSSR count). The standard InChI is InChI=1S/C17H20N2O4S/c1-4-9-18-14(20)10-23-17(21)15-11(2)19-16(24-15)12-5-7-13(22-3)8-6-12/h5-8H,4,9-10H2,1-3H3,(H,18,20). The van der Waals surface area contributed by atoms with Crippen LogP contribution in [0.25, 0.3) is 10.6 Å². The monoisotopic (exact) mass is 348 g/mol. The lowest BCUT2D eigenvalue weighted by Gasteiger charge is -2.04. The number of hydrogen-bond acceptors (Lipinski definition) is 6. The van der Waals surface area contributed by atoms with E-state index in [0.29, 0.717) is 17.1 Å². The minimum Gasteiger partial charge on any atom is -0.497 e. The Morgan fingerprint density at radius 2 is 1.96 bits per heavy atom. The van der Waals surface area contributed by atoms with Crippen molar-refractivity contribution in [2.24, 2.45) is 0 Å². The number of ether oxygens (including phenoxy) is 2. The first-order valence-corrected chi connectivity index (χ1v) is 8.42. The number of thiazole rings is 1. The third-order valence-corrected chi connectivity index (χ3v) is 4.41. The number of esters is 1. The van der Waals surface area contributed by atoms with Crippen molar-refractivity contribution >= 4 is 23.2 Å². The summed E-state index contributed by atoms with van der Waals surface area (Å²) in [6.07, 6.45) is 0.832. The first-order chi connectivity index (χ1) is 11.5. The summed E-state index contributed by atoms with van der Waals surface area (Å²) in [5, 5.41) is 3.38. The molecule has 7 heteroatoms. The predicted octanol–water partition coefficient (Wildman–Crippen LogP) is 2.81. The summed E-state index contributed by atoms with van der Waals surface area (Å²) >= 11 is 1.25.